The Labute approximate surface area is 105 Å². The lowest BCUT2D eigenvalue weighted by Crippen LogP contribution is -2.10. The third kappa shape index (κ3) is 3.57. The number of rotatable bonds is 5. The Hall–Kier alpha value is -0.390. The lowest BCUT2D eigenvalue weighted by molar-refractivity contribution is 0.595. The van der Waals surface area contributed by atoms with Crippen molar-refractivity contribution in [1.29, 1.82) is 0 Å². The molecule has 3 nitrogen and oxygen atoms in total. The van der Waals surface area contributed by atoms with E-state index >= 15 is 0 Å². The summed E-state index contributed by atoms with van der Waals surface area (Å²) in [5.74, 6) is 0.951. The largest absolute Gasteiger partial charge is 0.398 e. The van der Waals surface area contributed by atoms with Crippen molar-refractivity contribution in [2.45, 2.75) is 11.3 Å². The van der Waals surface area contributed by atoms with Crippen LogP contribution in [-0.4, -0.2) is 26.2 Å². The molecule has 0 unspecified atom stereocenters. The van der Waals surface area contributed by atoms with Gasteiger partial charge < -0.3 is 5.73 Å². The van der Waals surface area contributed by atoms with Crippen LogP contribution in [0.4, 0.5) is 5.69 Å². The summed E-state index contributed by atoms with van der Waals surface area (Å²) >= 11 is 7.34. The van der Waals surface area contributed by atoms with Crippen molar-refractivity contribution in [2.75, 3.05) is 23.5 Å². The third-order valence-corrected chi connectivity index (χ3v) is 4.87. The van der Waals surface area contributed by atoms with Gasteiger partial charge in [-0.3, -0.25) is 0 Å². The zero-order valence-electron chi connectivity index (χ0n) is 8.94. The Kier molecular flexibility index (Phi) is 4.95. The van der Waals surface area contributed by atoms with E-state index in [1.807, 2.05) is 6.26 Å². The van der Waals surface area contributed by atoms with Crippen LogP contribution in [0, 0.1) is 0 Å². The number of thioether (sulfide) groups is 1. The molecular weight excluding hydrogens is 266 g/mol. The Balaban J connectivity index is 2.90. The first-order chi connectivity index (χ1) is 7.47. The molecule has 2 N–H and O–H groups in total. The van der Waals surface area contributed by atoms with Gasteiger partial charge in [-0.1, -0.05) is 11.6 Å². The van der Waals surface area contributed by atoms with E-state index in [2.05, 4.69) is 0 Å². The van der Waals surface area contributed by atoms with Gasteiger partial charge in [0.05, 0.1) is 16.3 Å². The van der Waals surface area contributed by atoms with E-state index in [0.717, 1.165) is 5.75 Å². The first kappa shape index (κ1) is 13.7. The minimum Gasteiger partial charge on any atom is -0.398 e. The molecule has 0 bridgehead atoms. The molecule has 90 valence electrons. The highest BCUT2D eigenvalue weighted by atomic mass is 35.5. The van der Waals surface area contributed by atoms with E-state index in [0.29, 0.717) is 11.4 Å². The molecule has 0 saturated carbocycles. The molecule has 0 atom stereocenters. The van der Waals surface area contributed by atoms with E-state index in [-0.39, 0.29) is 16.3 Å². The monoisotopic (exact) mass is 279 g/mol. The molecule has 0 spiro atoms. The number of hydrogen-bond donors (Lipinski definition) is 1. The molecule has 0 aliphatic carbocycles. The number of sulfone groups is 1. The van der Waals surface area contributed by atoms with E-state index in [1.54, 1.807) is 17.8 Å². The number of nitrogens with two attached hydrogens (primary N) is 1. The van der Waals surface area contributed by atoms with Crippen LogP contribution in [0.1, 0.15) is 6.42 Å². The van der Waals surface area contributed by atoms with E-state index in [4.69, 9.17) is 17.3 Å². The molecule has 0 heterocycles. The summed E-state index contributed by atoms with van der Waals surface area (Å²) in [6.07, 6.45) is 2.58. The smallest absolute Gasteiger partial charge is 0.180 e. The number of nitrogen functional groups attached to an aromatic ring is 1. The van der Waals surface area contributed by atoms with Crippen molar-refractivity contribution < 1.29 is 8.42 Å². The first-order valence-electron chi connectivity index (χ1n) is 4.74. The fraction of sp³-hybridized carbons (Fsp3) is 0.400. The van der Waals surface area contributed by atoms with Gasteiger partial charge in [-0.15, -0.1) is 0 Å². The molecule has 0 aliphatic rings. The summed E-state index contributed by atoms with van der Waals surface area (Å²) in [7, 11) is -3.28. The van der Waals surface area contributed by atoms with Crippen LogP contribution in [0.25, 0.3) is 0 Å². The van der Waals surface area contributed by atoms with Crippen molar-refractivity contribution >= 4 is 38.9 Å². The van der Waals surface area contributed by atoms with Gasteiger partial charge in [0.15, 0.2) is 9.84 Å². The van der Waals surface area contributed by atoms with Crippen LogP contribution in [0.2, 0.25) is 5.02 Å². The lowest BCUT2D eigenvalue weighted by Gasteiger charge is -2.07. The molecule has 0 aliphatic heterocycles. The van der Waals surface area contributed by atoms with Gasteiger partial charge in [-0.2, -0.15) is 11.8 Å². The third-order valence-electron chi connectivity index (χ3n) is 2.07. The summed E-state index contributed by atoms with van der Waals surface area (Å²) in [5, 5.41) is 0.445. The van der Waals surface area contributed by atoms with E-state index in [9.17, 15) is 8.42 Å². The predicted octanol–water partition coefficient (Wildman–Crippen LogP) is 2.45. The second kappa shape index (κ2) is 5.80. The second-order valence-corrected chi connectivity index (χ2v) is 6.85. The van der Waals surface area contributed by atoms with Crippen LogP contribution in [0.3, 0.4) is 0 Å². The number of hydrogen-bond acceptors (Lipinski definition) is 4. The van der Waals surface area contributed by atoms with Crippen LogP contribution >= 0.6 is 23.4 Å². The summed E-state index contributed by atoms with van der Waals surface area (Å²) in [6, 6.07) is 4.47. The molecule has 1 aromatic carbocycles. The number of anilines is 1. The lowest BCUT2D eigenvalue weighted by atomic mass is 10.3. The van der Waals surface area contributed by atoms with Gasteiger partial charge in [0.2, 0.25) is 0 Å². The van der Waals surface area contributed by atoms with E-state index < -0.39 is 9.84 Å². The van der Waals surface area contributed by atoms with Crippen molar-refractivity contribution in [2.24, 2.45) is 0 Å². The Morgan fingerprint density at radius 3 is 2.69 bits per heavy atom. The SMILES string of the molecule is CSCCCS(=O)(=O)c1ccc(Cl)cc1N. The van der Waals surface area contributed by atoms with Gasteiger partial charge >= 0.3 is 0 Å². The van der Waals surface area contributed by atoms with Crippen LogP contribution in [-0.2, 0) is 9.84 Å². The first-order valence-corrected chi connectivity index (χ1v) is 8.16. The molecule has 6 heteroatoms. The van der Waals surface area contributed by atoms with Gasteiger partial charge in [-0.05, 0) is 36.6 Å². The predicted molar refractivity (Wildman–Crippen MR) is 70.9 cm³/mol. The quantitative estimate of drug-likeness (QED) is 0.664. The second-order valence-electron chi connectivity index (χ2n) is 3.35. The molecule has 0 amide bonds. The Morgan fingerprint density at radius 1 is 1.44 bits per heavy atom. The highest BCUT2D eigenvalue weighted by Gasteiger charge is 2.17. The Morgan fingerprint density at radius 2 is 2.12 bits per heavy atom. The molecule has 0 radical (unpaired) electrons. The highest BCUT2D eigenvalue weighted by Crippen LogP contribution is 2.23. The molecule has 1 aromatic rings. The zero-order valence-corrected chi connectivity index (χ0v) is 11.3. The summed E-state index contributed by atoms with van der Waals surface area (Å²) in [5.41, 5.74) is 5.86. The minimum absolute atomic E-state index is 0.125. The van der Waals surface area contributed by atoms with Crippen molar-refractivity contribution in [1.82, 2.24) is 0 Å². The summed E-state index contributed by atoms with van der Waals surface area (Å²) < 4.78 is 23.8. The van der Waals surface area contributed by atoms with Crippen molar-refractivity contribution in [3.63, 3.8) is 0 Å². The van der Waals surface area contributed by atoms with Gasteiger partial charge in [0.1, 0.15) is 0 Å². The zero-order chi connectivity index (χ0) is 12.2. The van der Waals surface area contributed by atoms with E-state index in [1.165, 1.54) is 12.1 Å². The average Bonchev–Trinajstić information content (AvgIpc) is 2.17. The summed E-state index contributed by atoms with van der Waals surface area (Å²) in [4.78, 5) is 0.179. The molecule has 0 fully saturated rings. The van der Waals surface area contributed by atoms with Crippen LogP contribution in [0.15, 0.2) is 23.1 Å². The maximum Gasteiger partial charge on any atom is 0.180 e. The fourth-order valence-electron chi connectivity index (χ4n) is 1.31. The van der Waals surface area contributed by atoms with Crippen LogP contribution in [0.5, 0.6) is 0 Å². The average molecular weight is 280 g/mol. The standard InChI is InChI=1S/C10H14ClNO2S2/c1-15-5-2-6-16(13,14)10-4-3-8(11)7-9(10)12/h3-4,7H,2,5-6,12H2,1H3. The molecule has 1 rings (SSSR count). The van der Waals surface area contributed by atoms with Gasteiger partial charge in [0.25, 0.3) is 0 Å². The Bertz CT molecular complexity index is 460. The fourth-order valence-corrected chi connectivity index (χ4v) is 3.54. The van der Waals surface area contributed by atoms with Gasteiger partial charge in [-0.25, -0.2) is 8.42 Å². The molecular formula is C10H14ClNO2S2. The topological polar surface area (TPSA) is 60.2 Å². The molecule has 16 heavy (non-hydrogen) atoms. The van der Waals surface area contributed by atoms with Crippen molar-refractivity contribution in [3.8, 4) is 0 Å². The molecule has 0 aromatic heterocycles. The maximum absolute atomic E-state index is 11.9. The minimum atomic E-state index is -3.28. The van der Waals surface area contributed by atoms with Crippen LogP contribution < -0.4 is 5.73 Å². The number of benzene rings is 1. The maximum atomic E-state index is 11.9. The highest BCUT2D eigenvalue weighted by molar-refractivity contribution is 7.98. The van der Waals surface area contributed by atoms with Gasteiger partial charge in [0, 0.05) is 5.02 Å². The normalized spacial score (nSPS) is 11.6. The summed E-state index contributed by atoms with van der Waals surface area (Å²) in [6.45, 7) is 0. The van der Waals surface area contributed by atoms with Crippen molar-refractivity contribution in [3.05, 3.63) is 23.2 Å². The number of halogens is 1. The molecule has 0 saturated heterocycles.